The zero-order chi connectivity index (χ0) is 18.5. The Morgan fingerprint density at radius 2 is 1.62 bits per heavy atom. The third kappa shape index (κ3) is 4.10. The predicted molar refractivity (Wildman–Crippen MR) is 93.0 cm³/mol. The molecule has 1 saturated heterocycles. The highest BCUT2D eigenvalue weighted by Crippen LogP contribution is 2.12. The number of ketones is 1. The van der Waals surface area contributed by atoms with E-state index in [-0.39, 0.29) is 12.2 Å². The molecule has 1 N–H and O–H groups in total. The van der Waals surface area contributed by atoms with Crippen LogP contribution in [-0.4, -0.2) is 29.7 Å². The summed E-state index contributed by atoms with van der Waals surface area (Å²) >= 11 is 0. The van der Waals surface area contributed by atoms with Gasteiger partial charge in [-0.1, -0.05) is 54.6 Å². The number of ether oxygens (including phenoxy) is 1. The van der Waals surface area contributed by atoms with E-state index in [9.17, 15) is 19.2 Å². The highest BCUT2D eigenvalue weighted by atomic mass is 16.5. The van der Waals surface area contributed by atoms with Crippen molar-refractivity contribution >= 4 is 29.6 Å². The molecule has 0 saturated carbocycles. The topological polar surface area (TPSA) is 89.5 Å². The molecule has 130 valence electrons. The van der Waals surface area contributed by atoms with E-state index in [1.165, 1.54) is 12.2 Å². The third-order valence-corrected chi connectivity index (χ3v) is 3.80. The van der Waals surface area contributed by atoms with E-state index in [2.05, 4.69) is 5.32 Å². The Kier molecular flexibility index (Phi) is 5.03. The molecule has 1 aliphatic heterocycles. The Balaban J connectivity index is 1.61. The number of rotatable bonds is 5. The molecule has 0 aromatic heterocycles. The molecule has 2 aromatic carbocycles. The maximum absolute atomic E-state index is 12.3. The third-order valence-electron chi connectivity index (χ3n) is 3.80. The molecule has 1 atom stereocenters. The van der Waals surface area contributed by atoms with Crippen molar-refractivity contribution in [2.75, 3.05) is 0 Å². The van der Waals surface area contributed by atoms with Gasteiger partial charge in [0, 0.05) is 17.2 Å². The van der Waals surface area contributed by atoms with Gasteiger partial charge in [-0.3, -0.25) is 19.7 Å². The molecule has 1 fully saturated rings. The molecule has 1 heterocycles. The second kappa shape index (κ2) is 7.57. The standard InChI is InChI=1S/C20H15NO5/c22-17-12-16(20(25)21-17)26-18(23)11-8-13-6-9-15(10-7-13)19(24)14-4-2-1-3-5-14/h1-11,16H,12H2,(H,21,22,25). The van der Waals surface area contributed by atoms with Crippen LogP contribution >= 0.6 is 0 Å². The monoisotopic (exact) mass is 349 g/mol. The second-order valence-electron chi connectivity index (χ2n) is 5.69. The highest BCUT2D eigenvalue weighted by molar-refractivity contribution is 6.09. The first-order valence-corrected chi connectivity index (χ1v) is 7.95. The van der Waals surface area contributed by atoms with Gasteiger partial charge >= 0.3 is 5.97 Å². The van der Waals surface area contributed by atoms with Gasteiger partial charge in [0.25, 0.3) is 5.91 Å². The zero-order valence-corrected chi connectivity index (χ0v) is 13.7. The Labute approximate surface area is 149 Å². The predicted octanol–water partition coefficient (Wildman–Crippen LogP) is 1.89. The lowest BCUT2D eigenvalue weighted by Gasteiger charge is -2.05. The van der Waals surface area contributed by atoms with E-state index in [4.69, 9.17) is 4.74 Å². The lowest BCUT2D eigenvalue weighted by atomic mass is 10.0. The summed E-state index contributed by atoms with van der Waals surface area (Å²) in [6.45, 7) is 0. The molecule has 6 nitrogen and oxygen atoms in total. The molecule has 1 unspecified atom stereocenters. The fourth-order valence-corrected chi connectivity index (χ4v) is 2.47. The normalized spacial score (nSPS) is 16.5. The summed E-state index contributed by atoms with van der Waals surface area (Å²) in [5.41, 5.74) is 1.83. The molecule has 1 aliphatic rings. The maximum atomic E-state index is 12.3. The number of imide groups is 1. The van der Waals surface area contributed by atoms with Crippen LogP contribution in [0.3, 0.4) is 0 Å². The minimum absolute atomic E-state index is 0.0857. The van der Waals surface area contributed by atoms with Crippen molar-refractivity contribution in [3.05, 3.63) is 77.4 Å². The summed E-state index contributed by atoms with van der Waals surface area (Å²) in [5.74, 6) is -1.88. The van der Waals surface area contributed by atoms with Gasteiger partial charge in [-0.15, -0.1) is 0 Å². The van der Waals surface area contributed by atoms with Crippen molar-refractivity contribution < 1.29 is 23.9 Å². The van der Waals surface area contributed by atoms with Gasteiger partial charge < -0.3 is 4.74 Å². The second-order valence-corrected chi connectivity index (χ2v) is 5.69. The summed E-state index contributed by atoms with van der Waals surface area (Å²) in [6.07, 6.45) is 1.44. The fourth-order valence-electron chi connectivity index (χ4n) is 2.47. The summed E-state index contributed by atoms with van der Waals surface area (Å²) in [4.78, 5) is 46.4. The Morgan fingerprint density at radius 3 is 2.23 bits per heavy atom. The number of carbonyl (C=O) groups is 4. The van der Waals surface area contributed by atoms with Gasteiger partial charge in [-0.05, 0) is 11.6 Å². The first-order valence-electron chi connectivity index (χ1n) is 7.95. The van der Waals surface area contributed by atoms with Gasteiger partial charge in [0.2, 0.25) is 5.91 Å². The summed E-state index contributed by atoms with van der Waals surface area (Å²) in [5, 5.41) is 2.07. The van der Waals surface area contributed by atoms with Crippen LogP contribution in [0.2, 0.25) is 0 Å². The molecular formula is C20H15NO5. The number of esters is 1. The number of hydrogen-bond donors (Lipinski definition) is 1. The average Bonchev–Trinajstić information content (AvgIpc) is 2.97. The van der Waals surface area contributed by atoms with Crippen molar-refractivity contribution in [2.45, 2.75) is 12.5 Å². The molecule has 0 radical (unpaired) electrons. The van der Waals surface area contributed by atoms with E-state index in [0.717, 1.165) is 0 Å². The number of nitrogens with one attached hydrogen (secondary N) is 1. The summed E-state index contributed by atoms with van der Waals surface area (Å²) in [7, 11) is 0. The molecule has 26 heavy (non-hydrogen) atoms. The van der Waals surface area contributed by atoms with Crippen molar-refractivity contribution in [2.24, 2.45) is 0 Å². The van der Waals surface area contributed by atoms with Crippen LogP contribution in [0.4, 0.5) is 0 Å². The van der Waals surface area contributed by atoms with Crippen LogP contribution in [-0.2, 0) is 19.1 Å². The smallest absolute Gasteiger partial charge is 0.331 e. The van der Waals surface area contributed by atoms with Crippen molar-refractivity contribution in [3.63, 3.8) is 0 Å². The Hall–Kier alpha value is -3.54. The first-order chi connectivity index (χ1) is 12.5. The lowest BCUT2D eigenvalue weighted by molar-refractivity contribution is -0.149. The maximum Gasteiger partial charge on any atom is 0.331 e. The van der Waals surface area contributed by atoms with Crippen LogP contribution in [0.25, 0.3) is 6.08 Å². The van der Waals surface area contributed by atoms with E-state index in [1.807, 2.05) is 6.07 Å². The molecular weight excluding hydrogens is 334 g/mol. The Morgan fingerprint density at radius 1 is 0.962 bits per heavy atom. The van der Waals surface area contributed by atoms with Crippen molar-refractivity contribution in [1.82, 2.24) is 5.32 Å². The fraction of sp³-hybridized carbons (Fsp3) is 0.100. The molecule has 2 amide bonds. The van der Waals surface area contributed by atoms with E-state index < -0.39 is 23.9 Å². The molecule has 0 aliphatic carbocycles. The summed E-state index contributed by atoms with van der Waals surface area (Å²) in [6, 6.07) is 15.7. The number of amides is 2. The van der Waals surface area contributed by atoms with Crippen LogP contribution in [0.1, 0.15) is 27.9 Å². The van der Waals surface area contributed by atoms with Crippen LogP contribution in [0, 0.1) is 0 Å². The van der Waals surface area contributed by atoms with Crippen molar-refractivity contribution in [1.29, 1.82) is 0 Å². The van der Waals surface area contributed by atoms with E-state index in [0.29, 0.717) is 16.7 Å². The summed E-state index contributed by atoms with van der Waals surface area (Å²) < 4.78 is 4.92. The number of carbonyl (C=O) groups excluding carboxylic acids is 4. The molecule has 3 rings (SSSR count). The molecule has 2 aromatic rings. The Bertz CT molecular complexity index is 884. The van der Waals surface area contributed by atoms with Gasteiger partial charge in [-0.2, -0.15) is 0 Å². The van der Waals surface area contributed by atoms with E-state index >= 15 is 0 Å². The SMILES string of the molecule is O=C1CC(OC(=O)C=Cc2ccc(C(=O)c3ccccc3)cc2)C(=O)N1. The van der Waals surface area contributed by atoms with E-state index in [1.54, 1.807) is 48.5 Å². The molecule has 0 bridgehead atoms. The first kappa shape index (κ1) is 17.3. The number of benzene rings is 2. The minimum Gasteiger partial charge on any atom is -0.449 e. The van der Waals surface area contributed by atoms with Crippen LogP contribution < -0.4 is 5.32 Å². The highest BCUT2D eigenvalue weighted by Gasteiger charge is 2.33. The number of hydrogen-bond acceptors (Lipinski definition) is 5. The van der Waals surface area contributed by atoms with Crippen LogP contribution in [0.15, 0.2) is 60.7 Å². The minimum atomic E-state index is -1.08. The largest absolute Gasteiger partial charge is 0.449 e. The van der Waals surface area contributed by atoms with Gasteiger partial charge in [0.15, 0.2) is 11.9 Å². The molecule has 6 heteroatoms. The van der Waals surface area contributed by atoms with Gasteiger partial charge in [0.1, 0.15) is 0 Å². The quantitative estimate of drug-likeness (QED) is 0.385. The zero-order valence-electron chi connectivity index (χ0n) is 13.7. The van der Waals surface area contributed by atoms with Gasteiger partial charge in [0.05, 0.1) is 6.42 Å². The molecule has 0 spiro atoms. The van der Waals surface area contributed by atoms with Gasteiger partial charge in [-0.25, -0.2) is 4.79 Å². The van der Waals surface area contributed by atoms with Crippen LogP contribution in [0.5, 0.6) is 0 Å². The lowest BCUT2D eigenvalue weighted by Crippen LogP contribution is -2.27. The average molecular weight is 349 g/mol. The van der Waals surface area contributed by atoms with Crippen molar-refractivity contribution in [3.8, 4) is 0 Å².